The largest absolute Gasteiger partial charge is 0.398 e. The molecule has 0 bridgehead atoms. The molecule has 0 aliphatic heterocycles. The minimum Gasteiger partial charge on any atom is -0.398 e. The van der Waals surface area contributed by atoms with E-state index >= 15 is 0 Å². The van der Waals surface area contributed by atoms with Gasteiger partial charge in [0, 0.05) is 31.5 Å². The second-order valence-electron chi connectivity index (χ2n) is 4.72. The lowest BCUT2D eigenvalue weighted by Gasteiger charge is -2.19. The van der Waals surface area contributed by atoms with E-state index in [1.165, 1.54) is 0 Å². The molecule has 0 fully saturated rings. The number of hydrogen-bond donors (Lipinski definition) is 2. The van der Waals surface area contributed by atoms with Gasteiger partial charge in [-0.3, -0.25) is 4.79 Å². The quantitative estimate of drug-likeness (QED) is 0.817. The number of likely N-dealkylation sites (N-methyl/N-ethyl adjacent to an activating group) is 1. The van der Waals surface area contributed by atoms with Crippen molar-refractivity contribution in [2.75, 3.05) is 30.8 Å². The lowest BCUT2D eigenvalue weighted by atomic mass is 10.2. The molecule has 0 aromatic heterocycles. The summed E-state index contributed by atoms with van der Waals surface area (Å²) in [6.45, 7) is 1.29. The van der Waals surface area contributed by atoms with Crippen molar-refractivity contribution in [2.45, 2.75) is 0 Å². The van der Waals surface area contributed by atoms with Crippen molar-refractivity contribution in [2.24, 2.45) is 0 Å². The predicted molar refractivity (Wildman–Crippen MR) is 90.6 cm³/mol. The summed E-state index contributed by atoms with van der Waals surface area (Å²) in [5.74, 6) is -0.129. The molecule has 110 valence electrons. The minimum absolute atomic E-state index is 0.129. The van der Waals surface area contributed by atoms with Crippen LogP contribution in [0.3, 0.4) is 0 Å². The zero-order valence-electron chi connectivity index (χ0n) is 11.8. The second-order valence-corrected chi connectivity index (χ2v) is 5.51. The second kappa shape index (κ2) is 7.13. The normalized spacial score (nSPS) is 10.2. The minimum atomic E-state index is -0.129. The number of benzene rings is 2. The van der Waals surface area contributed by atoms with Crippen molar-refractivity contribution in [3.8, 4) is 0 Å². The third-order valence-electron chi connectivity index (χ3n) is 3.20. The molecule has 0 saturated heterocycles. The van der Waals surface area contributed by atoms with Crippen molar-refractivity contribution in [1.82, 2.24) is 5.32 Å². The molecule has 2 aromatic rings. The highest BCUT2D eigenvalue weighted by molar-refractivity contribution is 9.10. The zero-order valence-corrected chi connectivity index (χ0v) is 13.4. The molecule has 0 saturated carbocycles. The molecule has 0 heterocycles. The Labute approximate surface area is 133 Å². The maximum atomic E-state index is 12.1. The lowest BCUT2D eigenvalue weighted by molar-refractivity contribution is 0.0954. The van der Waals surface area contributed by atoms with E-state index in [0.717, 1.165) is 12.2 Å². The summed E-state index contributed by atoms with van der Waals surface area (Å²) in [5.41, 5.74) is 8.01. The van der Waals surface area contributed by atoms with Crippen molar-refractivity contribution < 1.29 is 4.79 Å². The van der Waals surface area contributed by atoms with Crippen LogP contribution in [0.5, 0.6) is 0 Å². The number of amides is 1. The van der Waals surface area contributed by atoms with Crippen LogP contribution in [0.2, 0.25) is 0 Å². The first-order valence-corrected chi connectivity index (χ1v) is 7.47. The van der Waals surface area contributed by atoms with Gasteiger partial charge in [0.1, 0.15) is 0 Å². The smallest absolute Gasteiger partial charge is 0.252 e. The highest BCUT2D eigenvalue weighted by atomic mass is 79.9. The van der Waals surface area contributed by atoms with Crippen molar-refractivity contribution in [3.05, 3.63) is 58.6 Å². The first-order chi connectivity index (χ1) is 10.1. The van der Waals surface area contributed by atoms with E-state index in [0.29, 0.717) is 22.3 Å². The van der Waals surface area contributed by atoms with Crippen LogP contribution in [0.25, 0.3) is 0 Å². The standard InChI is InChI=1S/C16H18BrN3O/c1-20(12-6-3-2-4-7-12)11-10-19-16(21)13-8-5-9-14(18)15(13)17/h2-9H,10-11,18H2,1H3,(H,19,21). The number of para-hydroxylation sites is 1. The van der Waals surface area contributed by atoms with Gasteiger partial charge < -0.3 is 16.0 Å². The fourth-order valence-electron chi connectivity index (χ4n) is 1.97. The fourth-order valence-corrected chi connectivity index (χ4v) is 2.41. The Balaban J connectivity index is 1.89. The third-order valence-corrected chi connectivity index (χ3v) is 4.09. The van der Waals surface area contributed by atoms with E-state index in [4.69, 9.17) is 5.73 Å². The average molecular weight is 348 g/mol. The summed E-state index contributed by atoms with van der Waals surface area (Å²) in [6, 6.07) is 15.3. The van der Waals surface area contributed by atoms with Gasteiger partial charge in [-0.2, -0.15) is 0 Å². The molecule has 0 unspecified atom stereocenters. The molecule has 2 aromatic carbocycles. The predicted octanol–water partition coefficient (Wildman–Crippen LogP) is 2.90. The molecule has 1 amide bonds. The Morgan fingerprint density at radius 3 is 2.62 bits per heavy atom. The molecular formula is C16H18BrN3O. The maximum Gasteiger partial charge on any atom is 0.252 e. The van der Waals surface area contributed by atoms with Gasteiger partial charge in [0.25, 0.3) is 5.91 Å². The fraction of sp³-hybridized carbons (Fsp3) is 0.188. The number of anilines is 2. The average Bonchev–Trinajstić information content (AvgIpc) is 2.50. The van der Waals surface area contributed by atoms with E-state index in [-0.39, 0.29) is 5.91 Å². The molecule has 4 nitrogen and oxygen atoms in total. The van der Waals surface area contributed by atoms with E-state index in [1.54, 1.807) is 18.2 Å². The molecule has 3 N–H and O–H groups in total. The van der Waals surface area contributed by atoms with Gasteiger partial charge in [-0.15, -0.1) is 0 Å². The number of rotatable bonds is 5. The number of nitrogen functional groups attached to an aromatic ring is 1. The first-order valence-electron chi connectivity index (χ1n) is 6.68. The first kappa shape index (κ1) is 15.4. The SMILES string of the molecule is CN(CCNC(=O)c1cccc(N)c1Br)c1ccccc1. The molecule has 0 aliphatic rings. The molecule has 5 heteroatoms. The van der Waals surface area contributed by atoms with Crippen molar-refractivity contribution in [3.63, 3.8) is 0 Å². The van der Waals surface area contributed by atoms with Gasteiger partial charge in [-0.05, 0) is 40.2 Å². The number of nitrogens with two attached hydrogens (primary N) is 1. The van der Waals surface area contributed by atoms with E-state index in [1.807, 2.05) is 37.4 Å². The molecule has 0 radical (unpaired) electrons. The van der Waals surface area contributed by atoms with Crippen molar-refractivity contribution in [1.29, 1.82) is 0 Å². The monoisotopic (exact) mass is 347 g/mol. The lowest BCUT2D eigenvalue weighted by Crippen LogP contribution is -2.33. The summed E-state index contributed by atoms with van der Waals surface area (Å²) >= 11 is 3.34. The topological polar surface area (TPSA) is 58.4 Å². The van der Waals surface area contributed by atoms with Crippen LogP contribution in [-0.4, -0.2) is 26.0 Å². The van der Waals surface area contributed by atoms with Gasteiger partial charge in [0.2, 0.25) is 0 Å². The maximum absolute atomic E-state index is 12.1. The van der Waals surface area contributed by atoms with Crippen LogP contribution >= 0.6 is 15.9 Å². The number of nitrogens with zero attached hydrogens (tertiary/aromatic N) is 1. The Bertz CT molecular complexity index is 616. The number of carbonyl (C=O) groups is 1. The summed E-state index contributed by atoms with van der Waals surface area (Å²) < 4.78 is 0.638. The Morgan fingerprint density at radius 1 is 1.19 bits per heavy atom. The molecule has 0 aliphatic carbocycles. The van der Waals surface area contributed by atoms with Gasteiger partial charge in [-0.25, -0.2) is 0 Å². The summed E-state index contributed by atoms with van der Waals surface area (Å²) in [6.07, 6.45) is 0. The van der Waals surface area contributed by atoms with Crippen LogP contribution in [0.4, 0.5) is 11.4 Å². The van der Waals surface area contributed by atoms with Gasteiger partial charge in [-0.1, -0.05) is 24.3 Å². The van der Waals surface area contributed by atoms with Crippen LogP contribution < -0.4 is 16.0 Å². The number of carbonyl (C=O) groups excluding carboxylic acids is 1. The summed E-state index contributed by atoms with van der Waals surface area (Å²) in [5, 5.41) is 2.90. The molecule has 21 heavy (non-hydrogen) atoms. The number of nitrogens with one attached hydrogen (secondary N) is 1. The van der Waals surface area contributed by atoms with E-state index < -0.39 is 0 Å². The number of hydrogen-bond acceptors (Lipinski definition) is 3. The highest BCUT2D eigenvalue weighted by Crippen LogP contribution is 2.23. The molecule has 0 atom stereocenters. The highest BCUT2D eigenvalue weighted by Gasteiger charge is 2.11. The summed E-state index contributed by atoms with van der Waals surface area (Å²) in [7, 11) is 2.00. The van der Waals surface area contributed by atoms with Crippen LogP contribution in [0, 0.1) is 0 Å². The van der Waals surface area contributed by atoms with Gasteiger partial charge >= 0.3 is 0 Å². The van der Waals surface area contributed by atoms with Crippen molar-refractivity contribution >= 4 is 33.2 Å². The summed E-state index contributed by atoms with van der Waals surface area (Å²) in [4.78, 5) is 14.2. The van der Waals surface area contributed by atoms with Crippen LogP contribution in [0.15, 0.2) is 53.0 Å². The Kier molecular flexibility index (Phi) is 5.22. The van der Waals surface area contributed by atoms with E-state index in [9.17, 15) is 4.79 Å². The zero-order chi connectivity index (χ0) is 15.2. The molecular weight excluding hydrogens is 330 g/mol. The number of halogens is 1. The van der Waals surface area contributed by atoms with Gasteiger partial charge in [0.05, 0.1) is 10.0 Å². The Morgan fingerprint density at radius 2 is 1.90 bits per heavy atom. The molecule has 0 spiro atoms. The van der Waals surface area contributed by atoms with E-state index in [2.05, 4.69) is 26.1 Å². The van der Waals surface area contributed by atoms with Gasteiger partial charge in [0.15, 0.2) is 0 Å². The third kappa shape index (κ3) is 3.98. The molecule has 2 rings (SSSR count). The van der Waals surface area contributed by atoms with Crippen LogP contribution in [0.1, 0.15) is 10.4 Å². The van der Waals surface area contributed by atoms with Crippen LogP contribution in [-0.2, 0) is 0 Å². The Hall–Kier alpha value is -2.01.